The van der Waals surface area contributed by atoms with Crippen LogP contribution in [0.4, 0.5) is 0 Å². The molecule has 11 rings (SSSR count). The van der Waals surface area contributed by atoms with Gasteiger partial charge in [0.2, 0.25) is 22.8 Å². The van der Waals surface area contributed by atoms with Crippen molar-refractivity contribution in [3.63, 3.8) is 0 Å². The number of aliphatic hydroxyl groups excluding tert-OH is 2. The van der Waals surface area contributed by atoms with Gasteiger partial charge in [0.15, 0.2) is 64.3 Å². The van der Waals surface area contributed by atoms with E-state index >= 15 is 9.59 Å². The lowest BCUT2D eigenvalue weighted by atomic mass is 9.66. The molecule has 78 heavy (non-hydrogen) atoms. The number of benzene rings is 5. The van der Waals surface area contributed by atoms with Crippen LogP contribution >= 0.6 is 0 Å². The Morgan fingerprint density at radius 2 is 1.06 bits per heavy atom. The topological polar surface area (TPSA) is 491 Å². The highest BCUT2D eigenvalue weighted by atomic mass is 16.7. The van der Waals surface area contributed by atoms with E-state index < -0.39 is 233 Å². The molecule has 2 bridgehead atoms. The second-order valence-corrected chi connectivity index (χ2v) is 18.4. The maximum atomic E-state index is 15.1. The number of carboxylic acids is 1. The van der Waals surface area contributed by atoms with Crippen LogP contribution in [0.5, 0.6) is 80.5 Å². The zero-order valence-electron chi connectivity index (χ0n) is 38.5. The lowest BCUT2D eigenvalue weighted by molar-refractivity contribution is -0.226. The van der Waals surface area contributed by atoms with Crippen molar-refractivity contribution in [3.8, 4) is 91.6 Å². The molecule has 5 aromatic rings. The number of cyclic esters (lactones) is 4. The number of hydrogen-bond acceptors (Lipinski definition) is 28. The minimum Gasteiger partial charge on any atom is -0.507 e. The van der Waals surface area contributed by atoms with Crippen molar-refractivity contribution in [1.29, 1.82) is 0 Å². The molecule has 9 atom stereocenters. The number of aliphatic hydroxyl groups is 3. The van der Waals surface area contributed by atoms with Crippen LogP contribution in [0.15, 0.2) is 48.0 Å². The van der Waals surface area contributed by atoms with Crippen LogP contribution in [0.3, 0.4) is 0 Å². The Morgan fingerprint density at radius 3 is 1.64 bits per heavy atom. The number of carbonyl (C=O) groups excluding carboxylic acids is 5. The molecule has 6 aliphatic heterocycles. The third kappa shape index (κ3) is 6.64. The van der Waals surface area contributed by atoms with E-state index in [0.717, 1.165) is 18.2 Å². The number of fused-ring (bicyclic) bond motifs is 12. The summed E-state index contributed by atoms with van der Waals surface area (Å²) in [5.41, 5.74) is -14.8. The molecular formula is C49H34O29. The van der Waals surface area contributed by atoms with E-state index in [4.69, 9.17) is 33.2 Å². The first-order valence-electron chi connectivity index (χ1n) is 22.4. The normalized spacial score (nSPS) is 26.8. The first-order chi connectivity index (χ1) is 36.7. The van der Waals surface area contributed by atoms with Gasteiger partial charge in [-0.1, -0.05) is 6.07 Å². The molecule has 0 radical (unpaired) electrons. The van der Waals surface area contributed by atoms with E-state index in [-0.39, 0.29) is 17.2 Å². The molecule has 5 aromatic carbocycles. The first-order valence-corrected chi connectivity index (χ1v) is 22.4. The molecule has 0 amide bonds. The summed E-state index contributed by atoms with van der Waals surface area (Å²) in [6.07, 6.45) is -14.8. The van der Waals surface area contributed by atoms with Gasteiger partial charge in [-0.2, -0.15) is 0 Å². The molecule has 404 valence electrons. The third-order valence-electron chi connectivity index (χ3n) is 14.1. The molecule has 1 saturated heterocycles. The van der Waals surface area contributed by atoms with E-state index in [0.29, 0.717) is 12.1 Å². The molecular weight excluding hydrogens is 1050 g/mol. The van der Waals surface area contributed by atoms with Crippen molar-refractivity contribution in [1.82, 2.24) is 0 Å². The van der Waals surface area contributed by atoms with E-state index in [9.17, 15) is 101 Å². The maximum absolute atomic E-state index is 15.1. The van der Waals surface area contributed by atoms with Gasteiger partial charge in [-0.05, 0) is 35.9 Å². The van der Waals surface area contributed by atoms with Crippen LogP contribution in [0, 0.1) is 0 Å². The SMILES string of the molecule is O=C1O[C@H]2[C@H]([C@@H]3OC(=O)c4cc(O)c(O)c(O)c4-c4c(cc(O)c(O)c4O)C(=O)OC[C@H]3O)OC(=O)c3cc(O)c(O)c(O)c3C3=C1C1(Oc4cc(O)c5c(c4[C@H]21)O[C@H](c1ccc(O)c(O)c1)[C@H](O)C5)C(=O)OC3(O)C(=O)O. The standard InChI is InChI=1S/C49H34O29/c50-15-2-1-10(3-17(15)52)37-21(56)4-11-16(51)8-23-27(38(11)73-37)29-40-41(39-22(57)9-72-42(64)12-5-18(53)31(58)34(61)24(12)25-13(43(65)74-39)6-19(54)32(59)35(25)62)76-44(66)14-7-20(55)33(60)36(63)26(14)28-30(45(67)75-40)48(29,77-23)47(70)78-49(28,71)46(68)69/h1-3,5-8,21-22,29,37,39-41,50-63,71H,4,9H2,(H,68,69)/t21-,22-,29-,37-,39-,40-,41+,48?,49?/m1/s1. The fraction of sp³-hybridized carbons (Fsp3) is 0.224. The van der Waals surface area contributed by atoms with Gasteiger partial charge in [0, 0.05) is 40.3 Å². The Kier molecular flexibility index (Phi) is 10.6. The second-order valence-electron chi connectivity index (χ2n) is 18.4. The largest absolute Gasteiger partial charge is 0.507 e. The Morgan fingerprint density at radius 1 is 0.526 bits per heavy atom. The van der Waals surface area contributed by atoms with Crippen molar-refractivity contribution in [2.75, 3.05) is 6.61 Å². The molecule has 6 heterocycles. The number of phenols is 12. The smallest absolute Gasteiger partial charge is 0.382 e. The summed E-state index contributed by atoms with van der Waals surface area (Å²) in [6.45, 7) is -1.46. The summed E-state index contributed by atoms with van der Waals surface area (Å²) in [6, 6.07) is 5.01. The van der Waals surface area contributed by atoms with Crippen molar-refractivity contribution in [3.05, 3.63) is 87.0 Å². The van der Waals surface area contributed by atoms with Crippen LogP contribution in [-0.4, -0.2) is 166 Å². The summed E-state index contributed by atoms with van der Waals surface area (Å²) < 4.78 is 40.7. The Balaban J connectivity index is 1.21. The van der Waals surface area contributed by atoms with Gasteiger partial charge in [0.1, 0.15) is 41.6 Å². The average Bonchev–Trinajstić information content (AvgIpc) is 2.28. The number of aromatic hydroxyl groups is 12. The molecule has 0 saturated carbocycles. The Labute approximate surface area is 429 Å². The van der Waals surface area contributed by atoms with Crippen LogP contribution in [0.25, 0.3) is 16.7 Å². The number of aliphatic carboxylic acids is 1. The van der Waals surface area contributed by atoms with Gasteiger partial charge in [0.05, 0.1) is 34.3 Å². The predicted molar refractivity (Wildman–Crippen MR) is 241 cm³/mol. The number of hydrogen-bond donors (Lipinski definition) is 16. The van der Waals surface area contributed by atoms with E-state index in [1.807, 2.05) is 0 Å². The highest BCUT2D eigenvalue weighted by Crippen LogP contribution is 2.65. The van der Waals surface area contributed by atoms with Gasteiger partial charge in [-0.3, -0.25) is 0 Å². The zero-order chi connectivity index (χ0) is 56.3. The molecule has 1 spiro atoms. The van der Waals surface area contributed by atoms with E-state index in [1.165, 1.54) is 6.07 Å². The first kappa shape index (κ1) is 49.9. The van der Waals surface area contributed by atoms with Crippen molar-refractivity contribution >= 4 is 41.4 Å². The molecule has 0 aliphatic carbocycles. The zero-order valence-corrected chi connectivity index (χ0v) is 38.5. The van der Waals surface area contributed by atoms with Gasteiger partial charge in [0.25, 0.3) is 0 Å². The number of esters is 5. The average molecular weight is 1090 g/mol. The monoisotopic (exact) mass is 1090 g/mol. The lowest BCUT2D eigenvalue weighted by Crippen LogP contribution is -2.68. The van der Waals surface area contributed by atoms with Crippen molar-refractivity contribution in [2.45, 2.75) is 60.4 Å². The molecule has 16 N–H and O–H groups in total. The van der Waals surface area contributed by atoms with Gasteiger partial charge < -0.3 is 115 Å². The maximum Gasteiger partial charge on any atom is 0.382 e. The quantitative estimate of drug-likeness (QED) is 0.0646. The second kappa shape index (κ2) is 16.6. The number of phenolic OH excluding ortho intramolecular Hbond substituents is 12. The van der Waals surface area contributed by atoms with Gasteiger partial charge in [-0.25, -0.2) is 28.8 Å². The summed E-state index contributed by atoms with van der Waals surface area (Å²) >= 11 is 0. The van der Waals surface area contributed by atoms with Crippen LogP contribution in [0.2, 0.25) is 0 Å². The van der Waals surface area contributed by atoms with Gasteiger partial charge >= 0.3 is 41.6 Å². The van der Waals surface area contributed by atoms with E-state index in [2.05, 4.69) is 0 Å². The summed E-state index contributed by atoms with van der Waals surface area (Å²) in [7, 11) is 0. The Hall–Kier alpha value is -10.3. The highest BCUT2D eigenvalue weighted by molar-refractivity contribution is 6.18. The van der Waals surface area contributed by atoms with Crippen molar-refractivity contribution in [2.24, 2.45) is 0 Å². The van der Waals surface area contributed by atoms with Crippen LogP contribution in [-0.2, 0) is 44.5 Å². The fourth-order valence-corrected chi connectivity index (χ4v) is 10.6. The van der Waals surface area contributed by atoms with Crippen LogP contribution in [0.1, 0.15) is 65.3 Å². The molecule has 2 unspecified atom stereocenters. The molecule has 0 aromatic heterocycles. The number of carbonyl (C=O) groups is 6. The van der Waals surface area contributed by atoms with Crippen LogP contribution < -0.4 is 9.47 Å². The number of carboxylic acid groups (broad SMARTS) is 1. The van der Waals surface area contributed by atoms with E-state index in [1.54, 1.807) is 0 Å². The molecule has 29 nitrogen and oxygen atoms in total. The number of rotatable bonds is 3. The molecule has 1 fully saturated rings. The fourth-order valence-electron chi connectivity index (χ4n) is 10.6. The highest BCUT2D eigenvalue weighted by Gasteiger charge is 2.76. The van der Waals surface area contributed by atoms with Crippen molar-refractivity contribution < 1.29 is 144 Å². The summed E-state index contributed by atoms with van der Waals surface area (Å²) in [5, 5.41) is 176. The lowest BCUT2D eigenvalue weighted by Gasteiger charge is -2.49. The summed E-state index contributed by atoms with van der Waals surface area (Å²) in [4.78, 5) is 87.2. The summed E-state index contributed by atoms with van der Waals surface area (Å²) in [5.74, 6) is -35.4. The molecule has 29 heteroatoms. The minimum atomic E-state index is -4.21. The molecule has 6 aliphatic rings. The Bertz CT molecular complexity index is 3670. The predicted octanol–water partition coefficient (Wildman–Crippen LogP) is 0.0778. The number of ether oxygens (including phenoxy) is 7. The minimum absolute atomic E-state index is 0.0720. The van der Waals surface area contributed by atoms with Gasteiger partial charge in [-0.15, -0.1) is 0 Å². The third-order valence-corrected chi connectivity index (χ3v) is 14.1.